The quantitative estimate of drug-likeness (QED) is 0.848. The average molecular weight is 270 g/mol. The highest BCUT2D eigenvalue weighted by Crippen LogP contribution is 2.17. The number of aryl methyl sites for hydroxylation is 1. The Kier molecular flexibility index (Phi) is 5.09. The minimum absolute atomic E-state index is 0.279. The van der Waals surface area contributed by atoms with Gasteiger partial charge >= 0.3 is 0 Å². The Morgan fingerprint density at radius 2 is 2.22 bits per heavy atom. The molecule has 0 fully saturated rings. The number of nitrogens with one attached hydrogen (secondary N) is 1. The predicted octanol–water partition coefficient (Wildman–Crippen LogP) is 1.43. The highest BCUT2D eigenvalue weighted by Gasteiger charge is 2.21. The summed E-state index contributed by atoms with van der Waals surface area (Å²) in [7, 11) is 0. The maximum Gasteiger partial charge on any atom is 0.255 e. The number of aromatic nitrogens is 1. The average Bonchev–Trinajstić information content (AvgIpc) is 2.28. The highest BCUT2D eigenvalue weighted by atomic mass is 35.5. The normalized spacial score (nSPS) is 11.9. The second kappa shape index (κ2) is 6.35. The fraction of sp³-hybridized carbons (Fsp3) is 0.417. The highest BCUT2D eigenvalue weighted by molar-refractivity contribution is 6.34. The van der Waals surface area contributed by atoms with Gasteiger partial charge in [0.2, 0.25) is 5.91 Å². The van der Waals surface area contributed by atoms with Crippen LogP contribution in [-0.4, -0.2) is 22.8 Å². The van der Waals surface area contributed by atoms with Crippen LogP contribution < -0.4 is 11.1 Å². The summed E-state index contributed by atoms with van der Waals surface area (Å²) in [4.78, 5) is 27.2. The Morgan fingerprint density at radius 1 is 1.56 bits per heavy atom. The van der Waals surface area contributed by atoms with Crippen LogP contribution in [0.25, 0.3) is 0 Å². The van der Waals surface area contributed by atoms with E-state index in [1.54, 1.807) is 6.92 Å². The standard InChI is InChI=1S/C12H16ClN3O2/c1-3-4-9(11(14)17)16-12(18)10-7(2)15-6-5-8(10)13/h5-6,9H,3-4H2,1-2H3,(H2,14,17)(H,16,18)/t9-/m0/s1. The van der Waals surface area contributed by atoms with Crippen molar-refractivity contribution in [2.45, 2.75) is 32.7 Å². The molecule has 0 spiro atoms. The van der Waals surface area contributed by atoms with E-state index in [0.29, 0.717) is 17.1 Å². The summed E-state index contributed by atoms with van der Waals surface area (Å²) in [5.41, 5.74) is 6.02. The third-order valence-electron chi connectivity index (χ3n) is 2.54. The lowest BCUT2D eigenvalue weighted by molar-refractivity contribution is -0.120. The van der Waals surface area contributed by atoms with E-state index in [2.05, 4.69) is 10.3 Å². The summed E-state index contributed by atoms with van der Waals surface area (Å²) < 4.78 is 0. The van der Waals surface area contributed by atoms with Gasteiger partial charge in [-0.05, 0) is 19.4 Å². The van der Waals surface area contributed by atoms with Crippen LogP contribution in [0.4, 0.5) is 0 Å². The fourth-order valence-corrected chi connectivity index (χ4v) is 1.89. The second-order valence-electron chi connectivity index (χ2n) is 3.97. The number of carbonyl (C=O) groups excluding carboxylic acids is 2. The number of carbonyl (C=O) groups is 2. The van der Waals surface area contributed by atoms with E-state index in [-0.39, 0.29) is 5.56 Å². The number of nitrogens with two attached hydrogens (primary N) is 1. The van der Waals surface area contributed by atoms with Crippen LogP contribution in [0.2, 0.25) is 5.02 Å². The van der Waals surface area contributed by atoms with Gasteiger partial charge in [-0.2, -0.15) is 0 Å². The van der Waals surface area contributed by atoms with Crippen LogP contribution in [0.3, 0.4) is 0 Å². The third-order valence-corrected chi connectivity index (χ3v) is 2.86. The molecule has 0 aliphatic heterocycles. The van der Waals surface area contributed by atoms with Crippen LogP contribution in [-0.2, 0) is 4.79 Å². The summed E-state index contributed by atoms with van der Waals surface area (Å²) in [6, 6.07) is 0.848. The molecule has 0 bridgehead atoms. The molecule has 6 heteroatoms. The van der Waals surface area contributed by atoms with E-state index < -0.39 is 17.9 Å². The molecule has 1 atom stereocenters. The van der Waals surface area contributed by atoms with Crippen molar-refractivity contribution in [1.82, 2.24) is 10.3 Å². The summed E-state index contributed by atoms with van der Waals surface area (Å²) in [6.07, 6.45) is 2.76. The zero-order chi connectivity index (χ0) is 13.7. The molecule has 98 valence electrons. The van der Waals surface area contributed by atoms with Crippen molar-refractivity contribution in [3.05, 3.63) is 28.5 Å². The Hall–Kier alpha value is -1.62. The zero-order valence-electron chi connectivity index (χ0n) is 10.4. The van der Waals surface area contributed by atoms with Crippen molar-refractivity contribution < 1.29 is 9.59 Å². The van der Waals surface area contributed by atoms with E-state index >= 15 is 0 Å². The van der Waals surface area contributed by atoms with Gasteiger partial charge in [0, 0.05) is 6.20 Å². The SMILES string of the molecule is CCC[C@H](NC(=O)c1c(Cl)ccnc1C)C(N)=O. The van der Waals surface area contributed by atoms with Gasteiger partial charge in [-0.3, -0.25) is 14.6 Å². The second-order valence-corrected chi connectivity index (χ2v) is 4.38. The lowest BCUT2D eigenvalue weighted by Crippen LogP contribution is -2.44. The summed E-state index contributed by atoms with van der Waals surface area (Å²) in [5.74, 6) is -0.981. The lowest BCUT2D eigenvalue weighted by Gasteiger charge is -2.15. The maximum absolute atomic E-state index is 12.0. The van der Waals surface area contributed by atoms with E-state index in [1.165, 1.54) is 12.3 Å². The Balaban J connectivity index is 2.90. The molecule has 0 saturated carbocycles. The number of halogens is 1. The third kappa shape index (κ3) is 3.43. The predicted molar refractivity (Wildman–Crippen MR) is 69.3 cm³/mol. The molecular formula is C12H16ClN3O2. The van der Waals surface area contributed by atoms with Crippen molar-refractivity contribution >= 4 is 23.4 Å². The van der Waals surface area contributed by atoms with E-state index in [1.807, 2.05) is 6.92 Å². The van der Waals surface area contributed by atoms with Gasteiger partial charge in [0.25, 0.3) is 5.91 Å². The molecule has 0 saturated heterocycles. The molecule has 0 unspecified atom stereocenters. The number of pyridine rings is 1. The molecule has 0 aliphatic rings. The number of primary amides is 1. The minimum Gasteiger partial charge on any atom is -0.368 e. The van der Waals surface area contributed by atoms with Crippen LogP contribution in [0, 0.1) is 6.92 Å². The largest absolute Gasteiger partial charge is 0.368 e. The first-order chi connectivity index (χ1) is 8.47. The topological polar surface area (TPSA) is 85.1 Å². The molecule has 5 nitrogen and oxygen atoms in total. The first kappa shape index (κ1) is 14.4. The van der Waals surface area contributed by atoms with Gasteiger partial charge in [-0.15, -0.1) is 0 Å². The van der Waals surface area contributed by atoms with Gasteiger partial charge in [0.15, 0.2) is 0 Å². The van der Waals surface area contributed by atoms with Crippen molar-refractivity contribution in [2.24, 2.45) is 5.73 Å². The number of hydrogen-bond acceptors (Lipinski definition) is 3. The summed E-state index contributed by atoms with van der Waals surface area (Å²) in [5, 5.41) is 2.88. The lowest BCUT2D eigenvalue weighted by atomic mass is 10.1. The molecule has 1 heterocycles. The zero-order valence-corrected chi connectivity index (χ0v) is 11.1. The molecular weight excluding hydrogens is 254 g/mol. The molecule has 1 aromatic heterocycles. The van der Waals surface area contributed by atoms with E-state index in [9.17, 15) is 9.59 Å². The number of rotatable bonds is 5. The maximum atomic E-state index is 12.0. The molecule has 1 rings (SSSR count). The molecule has 0 aromatic carbocycles. The first-order valence-electron chi connectivity index (χ1n) is 5.68. The first-order valence-corrected chi connectivity index (χ1v) is 6.06. The molecule has 1 aromatic rings. The minimum atomic E-state index is -0.682. The van der Waals surface area contributed by atoms with E-state index in [0.717, 1.165) is 6.42 Å². The Bertz CT molecular complexity index is 442. The van der Waals surface area contributed by atoms with Gasteiger partial charge in [-0.1, -0.05) is 24.9 Å². The van der Waals surface area contributed by atoms with Crippen LogP contribution in [0.5, 0.6) is 0 Å². The van der Waals surface area contributed by atoms with Crippen LogP contribution in [0.1, 0.15) is 35.8 Å². The van der Waals surface area contributed by atoms with Gasteiger partial charge in [-0.25, -0.2) is 0 Å². The molecule has 18 heavy (non-hydrogen) atoms. The van der Waals surface area contributed by atoms with E-state index in [4.69, 9.17) is 17.3 Å². The number of hydrogen-bond donors (Lipinski definition) is 2. The summed E-state index contributed by atoms with van der Waals surface area (Å²) in [6.45, 7) is 3.59. The van der Waals surface area contributed by atoms with Crippen molar-refractivity contribution in [3.63, 3.8) is 0 Å². The number of nitrogens with zero attached hydrogens (tertiary/aromatic N) is 1. The van der Waals surface area contributed by atoms with Gasteiger partial charge in [0.1, 0.15) is 6.04 Å². The smallest absolute Gasteiger partial charge is 0.255 e. The van der Waals surface area contributed by atoms with Crippen LogP contribution in [0.15, 0.2) is 12.3 Å². The van der Waals surface area contributed by atoms with Crippen LogP contribution >= 0.6 is 11.6 Å². The van der Waals surface area contributed by atoms with Crippen molar-refractivity contribution in [2.75, 3.05) is 0 Å². The van der Waals surface area contributed by atoms with Gasteiger partial charge < -0.3 is 11.1 Å². The molecule has 0 radical (unpaired) electrons. The summed E-state index contributed by atoms with van der Waals surface area (Å²) >= 11 is 5.95. The van der Waals surface area contributed by atoms with Crippen molar-refractivity contribution in [1.29, 1.82) is 0 Å². The molecule has 3 N–H and O–H groups in total. The molecule has 2 amide bonds. The number of amides is 2. The monoisotopic (exact) mass is 269 g/mol. The molecule has 0 aliphatic carbocycles. The Labute approximate surface area is 111 Å². The fourth-order valence-electron chi connectivity index (χ4n) is 1.61. The van der Waals surface area contributed by atoms with Gasteiger partial charge in [0.05, 0.1) is 16.3 Å². The Morgan fingerprint density at radius 3 is 2.72 bits per heavy atom. The van der Waals surface area contributed by atoms with Crippen molar-refractivity contribution in [3.8, 4) is 0 Å².